The number of carbonyl (C=O) groups excluding carboxylic acids is 1. The summed E-state index contributed by atoms with van der Waals surface area (Å²) in [7, 11) is 1.96. The van der Waals surface area contributed by atoms with Gasteiger partial charge in [-0.25, -0.2) is 8.78 Å². The third-order valence-corrected chi connectivity index (χ3v) is 4.19. The van der Waals surface area contributed by atoms with Crippen LogP contribution in [0.1, 0.15) is 29.6 Å². The largest absolute Gasteiger partial charge is 0.504 e. The number of carbonyl (C=O) groups is 1. The molecular formula is C15H20F2N2O3. The van der Waals surface area contributed by atoms with Crippen LogP contribution in [0.15, 0.2) is 12.1 Å². The monoisotopic (exact) mass is 314 g/mol. The van der Waals surface area contributed by atoms with Gasteiger partial charge >= 0.3 is 0 Å². The predicted octanol–water partition coefficient (Wildman–Crippen LogP) is 1.25. The van der Waals surface area contributed by atoms with E-state index in [2.05, 4.69) is 10.2 Å². The summed E-state index contributed by atoms with van der Waals surface area (Å²) < 4.78 is 26.6. The highest BCUT2D eigenvalue weighted by molar-refractivity contribution is 5.97. The molecule has 0 saturated carbocycles. The molecule has 1 fully saturated rings. The number of phenols is 1. The molecule has 7 heteroatoms. The standard InChI is InChI=1S/C15H20F2N2O3/c1-19-5-2-15(3-6-19,4-7-20)18-14(22)11-8-10(16)9-12(17)13(11)21/h8-9,20-21H,2-7H2,1H3,(H,18,22). The Kier molecular flexibility index (Phi) is 4.97. The first-order chi connectivity index (χ1) is 10.4. The number of hydrogen-bond donors (Lipinski definition) is 3. The molecule has 22 heavy (non-hydrogen) atoms. The molecule has 1 aromatic carbocycles. The Morgan fingerprint density at radius 2 is 2.00 bits per heavy atom. The Morgan fingerprint density at radius 3 is 2.59 bits per heavy atom. The van der Waals surface area contributed by atoms with Crippen LogP contribution in [0.3, 0.4) is 0 Å². The number of hydrogen-bond acceptors (Lipinski definition) is 4. The van der Waals surface area contributed by atoms with E-state index in [4.69, 9.17) is 0 Å². The van der Waals surface area contributed by atoms with Gasteiger partial charge in [0.1, 0.15) is 5.82 Å². The molecule has 5 nitrogen and oxygen atoms in total. The first-order valence-corrected chi connectivity index (χ1v) is 7.17. The second kappa shape index (κ2) is 6.58. The van der Waals surface area contributed by atoms with Crippen molar-refractivity contribution in [2.75, 3.05) is 26.7 Å². The number of amides is 1. The minimum atomic E-state index is -1.18. The molecule has 2 rings (SSSR count). The number of nitrogens with zero attached hydrogens (tertiary/aromatic N) is 1. The number of rotatable bonds is 4. The third-order valence-electron chi connectivity index (χ3n) is 4.19. The predicted molar refractivity (Wildman–Crippen MR) is 76.7 cm³/mol. The van der Waals surface area contributed by atoms with Gasteiger partial charge in [0.05, 0.1) is 5.56 Å². The van der Waals surface area contributed by atoms with Crippen LogP contribution in [0.4, 0.5) is 8.78 Å². The van der Waals surface area contributed by atoms with E-state index in [1.54, 1.807) is 0 Å². The number of benzene rings is 1. The van der Waals surface area contributed by atoms with Crippen molar-refractivity contribution in [1.29, 1.82) is 0 Å². The zero-order chi connectivity index (χ0) is 16.3. The lowest BCUT2D eigenvalue weighted by Gasteiger charge is -2.41. The number of nitrogens with one attached hydrogen (secondary N) is 1. The maximum Gasteiger partial charge on any atom is 0.255 e. The second-order valence-electron chi connectivity index (χ2n) is 5.80. The molecule has 1 heterocycles. The summed E-state index contributed by atoms with van der Waals surface area (Å²) in [5.41, 5.74) is -1.07. The lowest BCUT2D eigenvalue weighted by atomic mass is 9.84. The quantitative estimate of drug-likeness (QED) is 0.782. The van der Waals surface area contributed by atoms with Gasteiger partial charge in [-0.15, -0.1) is 0 Å². The third kappa shape index (κ3) is 3.53. The van der Waals surface area contributed by atoms with Crippen LogP contribution in [-0.2, 0) is 0 Å². The van der Waals surface area contributed by atoms with E-state index < -0.39 is 34.4 Å². The fourth-order valence-corrected chi connectivity index (χ4v) is 2.75. The highest BCUT2D eigenvalue weighted by Crippen LogP contribution is 2.28. The highest BCUT2D eigenvalue weighted by atomic mass is 19.1. The van der Waals surface area contributed by atoms with E-state index in [0.29, 0.717) is 25.3 Å². The topological polar surface area (TPSA) is 72.8 Å². The average Bonchev–Trinajstić information content (AvgIpc) is 2.46. The van der Waals surface area contributed by atoms with Gasteiger partial charge in [0.2, 0.25) is 0 Å². The molecule has 0 aromatic heterocycles. The highest BCUT2D eigenvalue weighted by Gasteiger charge is 2.35. The summed E-state index contributed by atoms with van der Waals surface area (Å²) in [6.45, 7) is 1.38. The van der Waals surface area contributed by atoms with Crippen molar-refractivity contribution in [3.63, 3.8) is 0 Å². The van der Waals surface area contributed by atoms with Crippen LogP contribution in [-0.4, -0.2) is 53.3 Å². The van der Waals surface area contributed by atoms with E-state index in [1.807, 2.05) is 7.05 Å². The Labute approximate surface area is 127 Å². The summed E-state index contributed by atoms with van der Waals surface area (Å²) in [5, 5.41) is 21.6. The number of halogens is 2. The zero-order valence-electron chi connectivity index (χ0n) is 12.4. The molecule has 1 saturated heterocycles. The summed E-state index contributed by atoms with van der Waals surface area (Å²) >= 11 is 0. The Morgan fingerprint density at radius 1 is 1.36 bits per heavy atom. The van der Waals surface area contributed by atoms with Crippen LogP contribution in [0, 0.1) is 11.6 Å². The van der Waals surface area contributed by atoms with Crippen molar-refractivity contribution in [3.05, 3.63) is 29.3 Å². The molecule has 0 spiro atoms. The average molecular weight is 314 g/mol. The van der Waals surface area contributed by atoms with Gasteiger partial charge in [0, 0.05) is 31.3 Å². The number of aliphatic hydroxyl groups excluding tert-OH is 1. The van der Waals surface area contributed by atoms with Gasteiger partial charge < -0.3 is 20.4 Å². The number of aromatic hydroxyl groups is 1. The van der Waals surface area contributed by atoms with Crippen LogP contribution in [0.25, 0.3) is 0 Å². The molecule has 0 bridgehead atoms. The number of likely N-dealkylation sites (tertiary alicyclic amines) is 1. The maximum atomic E-state index is 13.4. The zero-order valence-corrected chi connectivity index (χ0v) is 12.4. The van der Waals surface area contributed by atoms with Gasteiger partial charge in [-0.1, -0.05) is 0 Å². The van der Waals surface area contributed by atoms with Crippen molar-refractivity contribution < 1.29 is 23.8 Å². The van der Waals surface area contributed by atoms with Gasteiger partial charge in [0.15, 0.2) is 11.6 Å². The van der Waals surface area contributed by atoms with Crippen LogP contribution in [0.5, 0.6) is 5.75 Å². The van der Waals surface area contributed by atoms with Gasteiger partial charge in [0.25, 0.3) is 5.91 Å². The van der Waals surface area contributed by atoms with Crippen LogP contribution >= 0.6 is 0 Å². The van der Waals surface area contributed by atoms with Gasteiger partial charge in [-0.3, -0.25) is 4.79 Å². The van der Waals surface area contributed by atoms with Crippen molar-refractivity contribution in [3.8, 4) is 5.75 Å². The lowest BCUT2D eigenvalue weighted by molar-refractivity contribution is 0.0774. The van der Waals surface area contributed by atoms with E-state index >= 15 is 0 Å². The Balaban J connectivity index is 2.22. The van der Waals surface area contributed by atoms with Crippen molar-refractivity contribution in [1.82, 2.24) is 10.2 Å². The molecule has 0 aliphatic carbocycles. The van der Waals surface area contributed by atoms with E-state index in [9.17, 15) is 23.8 Å². The molecule has 3 N–H and O–H groups in total. The first-order valence-electron chi connectivity index (χ1n) is 7.17. The summed E-state index contributed by atoms with van der Waals surface area (Å²) in [5.74, 6) is -3.72. The molecule has 1 aromatic rings. The molecular weight excluding hydrogens is 294 g/mol. The normalized spacial score (nSPS) is 18.2. The molecule has 0 unspecified atom stereocenters. The molecule has 1 aliphatic rings. The summed E-state index contributed by atoms with van der Waals surface area (Å²) in [4.78, 5) is 14.4. The van der Waals surface area contributed by atoms with E-state index in [1.165, 1.54) is 0 Å². The fourth-order valence-electron chi connectivity index (χ4n) is 2.75. The number of aliphatic hydroxyl groups is 1. The number of piperidine rings is 1. The second-order valence-corrected chi connectivity index (χ2v) is 5.80. The smallest absolute Gasteiger partial charge is 0.255 e. The fraction of sp³-hybridized carbons (Fsp3) is 0.533. The molecule has 0 radical (unpaired) electrons. The van der Waals surface area contributed by atoms with E-state index in [-0.39, 0.29) is 6.61 Å². The Bertz CT molecular complexity index is 558. The van der Waals surface area contributed by atoms with Crippen molar-refractivity contribution in [2.45, 2.75) is 24.8 Å². The first kappa shape index (κ1) is 16.6. The van der Waals surface area contributed by atoms with Crippen molar-refractivity contribution in [2.24, 2.45) is 0 Å². The van der Waals surface area contributed by atoms with Crippen molar-refractivity contribution >= 4 is 5.91 Å². The number of phenolic OH excluding ortho intramolecular Hbond substituents is 1. The maximum absolute atomic E-state index is 13.4. The molecule has 1 amide bonds. The van der Waals surface area contributed by atoms with E-state index in [0.717, 1.165) is 19.2 Å². The summed E-state index contributed by atoms with van der Waals surface area (Å²) in [6.07, 6.45) is 1.59. The van der Waals surface area contributed by atoms with Gasteiger partial charge in [-0.05, 0) is 32.4 Å². The minimum absolute atomic E-state index is 0.104. The summed E-state index contributed by atoms with van der Waals surface area (Å²) in [6, 6.07) is 1.32. The van der Waals surface area contributed by atoms with Crippen LogP contribution in [0.2, 0.25) is 0 Å². The Hall–Kier alpha value is -1.73. The lowest BCUT2D eigenvalue weighted by Crippen LogP contribution is -2.55. The SMILES string of the molecule is CN1CCC(CCO)(NC(=O)c2cc(F)cc(F)c2O)CC1. The molecule has 122 valence electrons. The minimum Gasteiger partial charge on any atom is -0.504 e. The molecule has 0 atom stereocenters. The van der Waals surface area contributed by atoms with Crippen LogP contribution < -0.4 is 5.32 Å². The van der Waals surface area contributed by atoms with Gasteiger partial charge in [-0.2, -0.15) is 0 Å². The molecule has 1 aliphatic heterocycles.